The Morgan fingerprint density at radius 1 is 1.33 bits per heavy atom. The molecule has 0 N–H and O–H groups in total. The van der Waals surface area contributed by atoms with Crippen LogP contribution in [-0.2, 0) is 0 Å². The van der Waals surface area contributed by atoms with E-state index in [4.69, 9.17) is 34.8 Å². The molecular formula is C13H14Cl3NO. The summed E-state index contributed by atoms with van der Waals surface area (Å²) in [7, 11) is 0. The van der Waals surface area contributed by atoms with Crippen molar-refractivity contribution in [2.24, 2.45) is 5.92 Å². The molecule has 1 aliphatic heterocycles. The molecule has 2 rings (SSSR count). The van der Waals surface area contributed by atoms with E-state index in [1.807, 2.05) is 6.92 Å². The molecule has 2 unspecified atom stereocenters. The van der Waals surface area contributed by atoms with Gasteiger partial charge in [0.15, 0.2) is 0 Å². The summed E-state index contributed by atoms with van der Waals surface area (Å²) in [5.74, 6) is 0.173. The highest BCUT2D eigenvalue weighted by Gasteiger charge is 2.29. The van der Waals surface area contributed by atoms with Crippen molar-refractivity contribution in [3.63, 3.8) is 0 Å². The van der Waals surface area contributed by atoms with E-state index >= 15 is 0 Å². The van der Waals surface area contributed by atoms with Crippen LogP contribution in [0.15, 0.2) is 18.2 Å². The molecule has 1 fully saturated rings. The topological polar surface area (TPSA) is 20.3 Å². The van der Waals surface area contributed by atoms with Crippen LogP contribution in [0.3, 0.4) is 0 Å². The van der Waals surface area contributed by atoms with Crippen LogP contribution in [0.4, 0.5) is 0 Å². The second-order valence-electron chi connectivity index (χ2n) is 4.63. The summed E-state index contributed by atoms with van der Waals surface area (Å²) in [4.78, 5) is 14.2. The zero-order valence-electron chi connectivity index (χ0n) is 10.00. The van der Waals surface area contributed by atoms with Crippen LogP contribution in [0.2, 0.25) is 10.0 Å². The molecule has 0 radical (unpaired) electrons. The second kappa shape index (κ2) is 5.68. The SMILES string of the molecule is CC1CN(C(=O)c2c(Cl)cccc2Cl)CCC1Cl. The summed E-state index contributed by atoms with van der Waals surface area (Å²) in [6.07, 6.45) is 0.802. The average Bonchev–Trinajstić information content (AvgIpc) is 2.32. The molecule has 0 aliphatic carbocycles. The van der Waals surface area contributed by atoms with Crippen molar-refractivity contribution in [3.8, 4) is 0 Å². The van der Waals surface area contributed by atoms with Crippen molar-refractivity contribution in [3.05, 3.63) is 33.8 Å². The number of amides is 1. The Morgan fingerprint density at radius 2 is 1.94 bits per heavy atom. The molecule has 0 aromatic heterocycles. The average molecular weight is 307 g/mol. The maximum absolute atomic E-state index is 12.4. The van der Waals surface area contributed by atoms with Crippen molar-refractivity contribution in [2.45, 2.75) is 18.7 Å². The lowest BCUT2D eigenvalue weighted by Crippen LogP contribution is -2.43. The number of benzene rings is 1. The minimum absolute atomic E-state index is 0.110. The first-order chi connectivity index (χ1) is 8.50. The zero-order valence-corrected chi connectivity index (χ0v) is 12.3. The van der Waals surface area contributed by atoms with Crippen LogP contribution < -0.4 is 0 Å². The van der Waals surface area contributed by atoms with Gasteiger partial charge in [0.05, 0.1) is 15.6 Å². The summed E-state index contributed by atoms with van der Waals surface area (Å²) in [5, 5.41) is 0.928. The fourth-order valence-electron chi connectivity index (χ4n) is 2.16. The molecule has 0 bridgehead atoms. The van der Waals surface area contributed by atoms with E-state index in [0.717, 1.165) is 6.42 Å². The van der Waals surface area contributed by atoms with E-state index in [0.29, 0.717) is 28.7 Å². The maximum atomic E-state index is 12.4. The van der Waals surface area contributed by atoms with Crippen molar-refractivity contribution in [1.82, 2.24) is 4.90 Å². The maximum Gasteiger partial charge on any atom is 0.256 e. The lowest BCUT2D eigenvalue weighted by atomic mass is 9.99. The number of hydrogen-bond acceptors (Lipinski definition) is 1. The fraction of sp³-hybridized carbons (Fsp3) is 0.462. The van der Waals surface area contributed by atoms with Crippen LogP contribution >= 0.6 is 34.8 Å². The molecule has 18 heavy (non-hydrogen) atoms. The summed E-state index contributed by atoms with van der Waals surface area (Å²) >= 11 is 18.3. The molecule has 1 saturated heterocycles. The largest absolute Gasteiger partial charge is 0.338 e. The summed E-state index contributed by atoms with van der Waals surface area (Å²) in [5.41, 5.74) is 0.390. The number of nitrogens with zero attached hydrogens (tertiary/aromatic N) is 1. The van der Waals surface area contributed by atoms with Gasteiger partial charge in [0.25, 0.3) is 5.91 Å². The van der Waals surface area contributed by atoms with Crippen LogP contribution in [0.25, 0.3) is 0 Å². The molecule has 2 atom stereocenters. The molecule has 1 aliphatic rings. The summed E-state index contributed by atoms with van der Waals surface area (Å²) in [6.45, 7) is 3.35. The third kappa shape index (κ3) is 2.76. The van der Waals surface area contributed by atoms with E-state index in [1.54, 1.807) is 23.1 Å². The molecule has 5 heteroatoms. The lowest BCUT2D eigenvalue weighted by molar-refractivity contribution is 0.0687. The van der Waals surface area contributed by atoms with Crippen molar-refractivity contribution in [2.75, 3.05) is 13.1 Å². The first kappa shape index (κ1) is 14.0. The normalized spacial score (nSPS) is 24.1. The van der Waals surface area contributed by atoms with Crippen LogP contribution in [0, 0.1) is 5.92 Å². The molecule has 98 valence electrons. The number of rotatable bonds is 1. The number of carbonyl (C=O) groups is 1. The Balaban J connectivity index is 2.22. The smallest absolute Gasteiger partial charge is 0.256 e. The summed E-state index contributed by atoms with van der Waals surface area (Å²) in [6, 6.07) is 5.09. The number of hydrogen-bond donors (Lipinski definition) is 0. The Hall–Kier alpha value is -0.440. The third-order valence-electron chi connectivity index (χ3n) is 3.26. The standard InChI is InChI=1S/C13H14Cl3NO/c1-8-7-17(6-5-9(8)14)13(18)12-10(15)3-2-4-11(12)16/h2-4,8-9H,5-7H2,1H3. The predicted molar refractivity (Wildman–Crippen MR) is 75.8 cm³/mol. The highest BCUT2D eigenvalue weighted by Crippen LogP contribution is 2.28. The van der Waals surface area contributed by atoms with Crippen LogP contribution in [0.1, 0.15) is 23.7 Å². The number of carbonyl (C=O) groups excluding carboxylic acids is 1. The molecule has 1 amide bonds. The molecular weight excluding hydrogens is 293 g/mol. The molecule has 0 saturated carbocycles. The lowest BCUT2D eigenvalue weighted by Gasteiger charge is -2.34. The Labute approximate surface area is 122 Å². The minimum atomic E-state index is -0.110. The quantitative estimate of drug-likeness (QED) is 0.716. The van der Waals surface area contributed by atoms with Gasteiger partial charge in [-0.05, 0) is 24.5 Å². The van der Waals surface area contributed by atoms with Crippen LogP contribution in [-0.4, -0.2) is 29.3 Å². The highest BCUT2D eigenvalue weighted by molar-refractivity contribution is 6.39. The van der Waals surface area contributed by atoms with Gasteiger partial charge in [-0.2, -0.15) is 0 Å². The van der Waals surface area contributed by atoms with E-state index < -0.39 is 0 Å². The fourth-order valence-corrected chi connectivity index (χ4v) is 2.90. The van der Waals surface area contributed by atoms with Gasteiger partial charge in [0.1, 0.15) is 0 Å². The highest BCUT2D eigenvalue weighted by atomic mass is 35.5. The molecule has 1 aromatic rings. The molecule has 0 spiro atoms. The Bertz CT molecular complexity index is 443. The van der Waals surface area contributed by atoms with Gasteiger partial charge in [0, 0.05) is 18.5 Å². The van der Waals surface area contributed by atoms with Gasteiger partial charge in [-0.1, -0.05) is 36.2 Å². The van der Waals surface area contributed by atoms with Gasteiger partial charge in [-0.15, -0.1) is 11.6 Å². The second-order valence-corrected chi connectivity index (χ2v) is 6.00. The monoisotopic (exact) mass is 305 g/mol. The number of likely N-dealkylation sites (tertiary alicyclic amines) is 1. The van der Waals surface area contributed by atoms with E-state index in [1.165, 1.54) is 0 Å². The number of alkyl halides is 1. The van der Waals surface area contributed by atoms with E-state index in [2.05, 4.69) is 0 Å². The van der Waals surface area contributed by atoms with Gasteiger partial charge in [0.2, 0.25) is 0 Å². The van der Waals surface area contributed by atoms with Crippen molar-refractivity contribution in [1.29, 1.82) is 0 Å². The van der Waals surface area contributed by atoms with Crippen molar-refractivity contribution < 1.29 is 4.79 Å². The van der Waals surface area contributed by atoms with Gasteiger partial charge in [-0.25, -0.2) is 0 Å². The third-order valence-corrected chi connectivity index (χ3v) is 4.54. The zero-order chi connectivity index (χ0) is 13.3. The van der Waals surface area contributed by atoms with E-state index in [-0.39, 0.29) is 17.2 Å². The first-order valence-corrected chi connectivity index (χ1v) is 7.07. The Kier molecular flexibility index (Phi) is 4.41. The molecule has 2 nitrogen and oxygen atoms in total. The molecule has 1 aromatic carbocycles. The van der Waals surface area contributed by atoms with Gasteiger partial charge < -0.3 is 4.90 Å². The van der Waals surface area contributed by atoms with Gasteiger partial charge in [-0.3, -0.25) is 4.79 Å². The Morgan fingerprint density at radius 3 is 2.50 bits per heavy atom. The number of piperidine rings is 1. The van der Waals surface area contributed by atoms with E-state index in [9.17, 15) is 4.79 Å². The summed E-state index contributed by atoms with van der Waals surface area (Å²) < 4.78 is 0. The van der Waals surface area contributed by atoms with Crippen molar-refractivity contribution >= 4 is 40.7 Å². The first-order valence-electron chi connectivity index (χ1n) is 5.88. The predicted octanol–water partition coefficient (Wildman–Crippen LogP) is 4.08. The van der Waals surface area contributed by atoms with Crippen LogP contribution in [0.5, 0.6) is 0 Å². The van der Waals surface area contributed by atoms with Gasteiger partial charge >= 0.3 is 0 Å². The number of halogens is 3. The minimum Gasteiger partial charge on any atom is -0.338 e. The molecule has 1 heterocycles.